The van der Waals surface area contributed by atoms with Gasteiger partial charge in [-0.1, -0.05) is 36.7 Å². The molecule has 0 saturated heterocycles. The molecule has 0 aliphatic carbocycles. The third kappa shape index (κ3) is 4.30. The van der Waals surface area contributed by atoms with Crippen LogP contribution in [0.25, 0.3) is 10.8 Å². The first-order chi connectivity index (χ1) is 13.9. The van der Waals surface area contributed by atoms with Gasteiger partial charge < -0.3 is 0 Å². The first-order valence-corrected chi connectivity index (χ1v) is 9.07. The average molecular weight is 414 g/mol. The minimum Gasteiger partial charge on any atom is -0.267 e. The van der Waals surface area contributed by atoms with Gasteiger partial charge in [0.05, 0.1) is 16.5 Å². The van der Waals surface area contributed by atoms with E-state index in [9.17, 15) is 19.7 Å². The summed E-state index contributed by atoms with van der Waals surface area (Å²) in [6, 6.07) is 10.6. The van der Waals surface area contributed by atoms with Crippen LogP contribution in [0.2, 0.25) is 5.02 Å². The van der Waals surface area contributed by atoms with Crippen molar-refractivity contribution in [2.24, 2.45) is 5.10 Å². The molecule has 10 heteroatoms. The van der Waals surface area contributed by atoms with Crippen LogP contribution in [-0.2, 0) is 6.54 Å². The SMILES string of the molecule is CCCn1nc(C(=O)N/N=C\c2cc([N+](=O)[O-])ccc2Cl)c2ccccc2c1=O. The first kappa shape index (κ1) is 20.2. The second-order valence-corrected chi connectivity index (χ2v) is 6.49. The molecule has 1 aromatic heterocycles. The van der Waals surface area contributed by atoms with E-state index in [0.717, 1.165) is 0 Å². The summed E-state index contributed by atoms with van der Waals surface area (Å²) in [7, 11) is 0. The van der Waals surface area contributed by atoms with Gasteiger partial charge >= 0.3 is 0 Å². The maximum absolute atomic E-state index is 12.6. The van der Waals surface area contributed by atoms with Gasteiger partial charge in [-0.05, 0) is 18.6 Å². The van der Waals surface area contributed by atoms with Crippen molar-refractivity contribution in [3.8, 4) is 0 Å². The minimum atomic E-state index is -0.621. The van der Waals surface area contributed by atoms with E-state index in [0.29, 0.717) is 23.7 Å². The topological polar surface area (TPSA) is 119 Å². The number of carbonyl (C=O) groups is 1. The molecule has 0 spiro atoms. The summed E-state index contributed by atoms with van der Waals surface area (Å²) in [5.41, 5.74) is 2.23. The maximum atomic E-state index is 12.6. The van der Waals surface area contributed by atoms with Crippen molar-refractivity contribution in [2.45, 2.75) is 19.9 Å². The summed E-state index contributed by atoms with van der Waals surface area (Å²) >= 11 is 6.01. The van der Waals surface area contributed by atoms with E-state index in [-0.39, 0.29) is 27.5 Å². The highest BCUT2D eigenvalue weighted by Crippen LogP contribution is 2.20. The van der Waals surface area contributed by atoms with Crippen molar-refractivity contribution in [1.82, 2.24) is 15.2 Å². The van der Waals surface area contributed by atoms with E-state index < -0.39 is 10.8 Å². The van der Waals surface area contributed by atoms with Gasteiger partial charge in [-0.15, -0.1) is 0 Å². The van der Waals surface area contributed by atoms with Crippen LogP contribution in [0.3, 0.4) is 0 Å². The van der Waals surface area contributed by atoms with Gasteiger partial charge in [-0.2, -0.15) is 10.2 Å². The lowest BCUT2D eigenvalue weighted by atomic mass is 10.1. The van der Waals surface area contributed by atoms with Gasteiger partial charge in [-0.3, -0.25) is 19.7 Å². The number of fused-ring (bicyclic) bond motifs is 1. The number of nitrogens with one attached hydrogen (secondary N) is 1. The van der Waals surface area contributed by atoms with E-state index in [4.69, 9.17) is 11.6 Å². The highest BCUT2D eigenvalue weighted by molar-refractivity contribution is 6.33. The van der Waals surface area contributed by atoms with Crippen LogP contribution in [0.5, 0.6) is 0 Å². The lowest BCUT2D eigenvalue weighted by Crippen LogP contribution is -2.29. The van der Waals surface area contributed by atoms with Crippen molar-refractivity contribution in [3.05, 3.63) is 79.2 Å². The number of halogens is 1. The summed E-state index contributed by atoms with van der Waals surface area (Å²) in [6.45, 7) is 2.27. The summed E-state index contributed by atoms with van der Waals surface area (Å²) in [6.07, 6.45) is 1.88. The van der Waals surface area contributed by atoms with Gasteiger partial charge in [0, 0.05) is 34.6 Å². The molecule has 29 heavy (non-hydrogen) atoms. The van der Waals surface area contributed by atoms with Crippen molar-refractivity contribution in [1.29, 1.82) is 0 Å². The van der Waals surface area contributed by atoms with E-state index in [1.54, 1.807) is 24.3 Å². The zero-order valence-electron chi connectivity index (χ0n) is 15.3. The van der Waals surface area contributed by atoms with Crippen LogP contribution in [0.4, 0.5) is 5.69 Å². The molecule has 1 heterocycles. The molecule has 0 radical (unpaired) electrons. The molecule has 0 fully saturated rings. The predicted molar refractivity (Wildman–Crippen MR) is 109 cm³/mol. The number of nitro benzene ring substituents is 1. The largest absolute Gasteiger partial charge is 0.292 e. The predicted octanol–water partition coefficient (Wildman–Crippen LogP) is 3.13. The molecule has 3 aromatic rings. The zero-order valence-corrected chi connectivity index (χ0v) is 16.1. The number of amides is 1. The molecule has 1 N–H and O–H groups in total. The van der Waals surface area contributed by atoms with E-state index >= 15 is 0 Å². The second-order valence-electron chi connectivity index (χ2n) is 6.08. The number of nitro groups is 1. The third-order valence-electron chi connectivity index (χ3n) is 4.08. The van der Waals surface area contributed by atoms with Crippen LogP contribution in [0.15, 0.2) is 52.4 Å². The molecule has 0 saturated carbocycles. The Morgan fingerprint density at radius 3 is 2.72 bits per heavy atom. The molecule has 3 rings (SSSR count). The van der Waals surface area contributed by atoms with E-state index in [2.05, 4.69) is 15.6 Å². The van der Waals surface area contributed by atoms with Crippen LogP contribution in [0.1, 0.15) is 29.4 Å². The van der Waals surface area contributed by atoms with Gasteiger partial charge in [-0.25, -0.2) is 10.1 Å². The standard InChI is InChI=1S/C19H16ClN5O4/c1-2-9-24-19(27)15-6-4-3-5-14(15)17(23-24)18(26)22-21-11-12-10-13(25(28)29)7-8-16(12)20/h3-8,10-11H,2,9H2,1H3,(H,22,26)/b21-11-. The number of hydrogen-bond acceptors (Lipinski definition) is 6. The maximum Gasteiger partial charge on any atom is 0.292 e. The smallest absolute Gasteiger partial charge is 0.267 e. The molecule has 9 nitrogen and oxygen atoms in total. The number of rotatable bonds is 6. The van der Waals surface area contributed by atoms with Crippen molar-refractivity contribution in [3.63, 3.8) is 0 Å². The third-order valence-corrected chi connectivity index (χ3v) is 4.42. The lowest BCUT2D eigenvalue weighted by molar-refractivity contribution is -0.384. The summed E-state index contributed by atoms with van der Waals surface area (Å²) in [5.74, 6) is -0.621. The van der Waals surface area contributed by atoms with Gasteiger partial charge in [0.2, 0.25) is 0 Å². The zero-order chi connectivity index (χ0) is 21.0. The minimum absolute atomic E-state index is 0.0518. The normalized spacial score (nSPS) is 11.1. The molecule has 0 bridgehead atoms. The lowest BCUT2D eigenvalue weighted by Gasteiger charge is -2.09. The Kier molecular flexibility index (Phi) is 5.99. The molecule has 1 amide bonds. The Balaban J connectivity index is 1.92. The Labute approximate surface area is 169 Å². The molecule has 0 aliphatic heterocycles. The Morgan fingerprint density at radius 2 is 2.03 bits per heavy atom. The summed E-state index contributed by atoms with van der Waals surface area (Å²) in [5, 5.41) is 19.9. The van der Waals surface area contributed by atoms with Gasteiger partial charge in [0.25, 0.3) is 17.2 Å². The van der Waals surface area contributed by atoms with Crippen LogP contribution in [0, 0.1) is 10.1 Å². The molecule has 2 aromatic carbocycles. The number of benzene rings is 2. The van der Waals surface area contributed by atoms with E-state index in [1.807, 2.05) is 6.92 Å². The Morgan fingerprint density at radius 1 is 1.31 bits per heavy atom. The number of hydrogen-bond donors (Lipinski definition) is 1. The summed E-state index contributed by atoms with van der Waals surface area (Å²) in [4.78, 5) is 35.4. The first-order valence-electron chi connectivity index (χ1n) is 8.69. The molecule has 148 valence electrons. The van der Waals surface area contributed by atoms with Crippen molar-refractivity contribution in [2.75, 3.05) is 0 Å². The number of aromatic nitrogens is 2. The molecule has 0 aliphatic rings. The Hall–Kier alpha value is -3.59. The Bertz CT molecular complexity index is 1190. The van der Waals surface area contributed by atoms with Crippen molar-refractivity contribution < 1.29 is 9.72 Å². The molecule has 0 atom stereocenters. The summed E-state index contributed by atoms with van der Waals surface area (Å²) < 4.78 is 1.25. The highest BCUT2D eigenvalue weighted by Gasteiger charge is 2.16. The number of aryl methyl sites for hydroxylation is 1. The number of hydrazone groups is 1. The second kappa shape index (κ2) is 8.61. The fourth-order valence-corrected chi connectivity index (χ4v) is 2.89. The van der Waals surface area contributed by atoms with Crippen molar-refractivity contribution >= 4 is 40.2 Å². The average Bonchev–Trinajstić information content (AvgIpc) is 2.71. The number of carbonyl (C=O) groups excluding carboxylic acids is 1. The monoisotopic (exact) mass is 413 g/mol. The number of nitrogens with zero attached hydrogens (tertiary/aromatic N) is 4. The van der Waals surface area contributed by atoms with E-state index in [1.165, 1.54) is 29.1 Å². The van der Waals surface area contributed by atoms with Gasteiger partial charge in [0.15, 0.2) is 5.69 Å². The molecule has 0 unspecified atom stereocenters. The van der Waals surface area contributed by atoms with Gasteiger partial charge in [0.1, 0.15) is 0 Å². The number of non-ortho nitro benzene ring substituents is 1. The fraction of sp³-hybridized carbons (Fsp3) is 0.158. The highest BCUT2D eigenvalue weighted by atomic mass is 35.5. The fourth-order valence-electron chi connectivity index (χ4n) is 2.72. The van der Waals surface area contributed by atoms with Crippen LogP contribution >= 0.6 is 11.6 Å². The molecular formula is C19H16ClN5O4. The van der Waals surface area contributed by atoms with Crippen LogP contribution < -0.4 is 11.0 Å². The van der Waals surface area contributed by atoms with Crippen LogP contribution in [-0.4, -0.2) is 26.8 Å². The quantitative estimate of drug-likeness (QED) is 0.378. The molecular weight excluding hydrogens is 398 g/mol.